The van der Waals surface area contributed by atoms with Crippen LogP contribution in [-0.4, -0.2) is 73.1 Å². The van der Waals surface area contributed by atoms with Gasteiger partial charge < -0.3 is 15.4 Å². The van der Waals surface area contributed by atoms with Crippen molar-refractivity contribution in [1.82, 2.24) is 25.3 Å². The van der Waals surface area contributed by atoms with Gasteiger partial charge in [-0.15, -0.1) is 24.0 Å². The Morgan fingerprint density at radius 2 is 2.04 bits per heavy atom. The normalized spacial score (nSPS) is 19.4. The predicted octanol–water partition coefficient (Wildman–Crippen LogP) is 2.28. The number of nitrogens with zero attached hydrogens (tertiary/aromatic N) is 4. The van der Waals surface area contributed by atoms with Crippen LogP contribution in [0.5, 0.6) is 0 Å². The Bertz CT molecular complexity index is 604. The first-order chi connectivity index (χ1) is 12.9. The minimum Gasteiger partial charge on any atom is -0.374 e. The van der Waals surface area contributed by atoms with Gasteiger partial charge in [-0.1, -0.05) is 20.8 Å². The highest BCUT2D eigenvalue weighted by molar-refractivity contribution is 14.0. The maximum absolute atomic E-state index is 5.91. The number of rotatable bonds is 8. The maximum atomic E-state index is 5.91. The number of halogens is 1. The van der Waals surface area contributed by atoms with Crippen LogP contribution in [-0.2, 0) is 11.3 Å². The summed E-state index contributed by atoms with van der Waals surface area (Å²) in [5.41, 5.74) is 2.28. The van der Waals surface area contributed by atoms with Crippen LogP contribution in [0.2, 0.25) is 0 Å². The minimum absolute atomic E-state index is 0. The minimum atomic E-state index is 0. The molecule has 0 aromatic carbocycles. The molecule has 1 saturated heterocycles. The molecule has 2 atom stereocenters. The van der Waals surface area contributed by atoms with Gasteiger partial charge in [-0.2, -0.15) is 5.10 Å². The van der Waals surface area contributed by atoms with Crippen molar-refractivity contribution in [3.8, 4) is 0 Å². The van der Waals surface area contributed by atoms with E-state index in [1.54, 1.807) is 0 Å². The molecule has 7 nitrogen and oxygen atoms in total. The van der Waals surface area contributed by atoms with Gasteiger partial charge in [0.1, 0.15) is 0 Å². The van der Waals surface area contributed by atoms with Crippen LogP contribution < -0.4 is 10.6 Å². The quantitative estimate of drug-likeness (QED) is 0.322. The standard InChI is InChI=1S/C20H38N6O.HI/c1-15(2)12-25-7-8-27-19(14-25)11-23-20(21-6)22-10-16(3)13-26-18(5)9-17(4)24-26;/h9,15-16,19H,7-8,10-14H2,1-6H3,(H2,21,22,23);1H. The summed E-state index contributed by atoms with van der Waals surface area (Å²) >= 11 is 0. The van der Waals surface area contributed by atoms with Crippen LogP contribution in [0, 0.1) is 25.7 Å². The summed E-state index contributed by atoms with van der Waals surface area (Å²) in [7, 11) is 1.81. The van der Waals surface area contributed by atoms with Crippen LogP contribution in [0.4, 0.5) is 0 Å². The van der Waals surface area contributed by atoms with Gasteiger partial charge in [-0.3, -0.25) is 14.6 Å². The molecule has 1 aliphatic rings. The van der Waals surface area contributed by atoms with Gasteiger partial charge >= 0.3 is 0 Å². The van der Waals surface area contributed by atoms with Crippen LogP contribution >= 0.6 is 24.0 Å². The number of aryl methyl sites for hydroxylation is 2. The zero-order valence-corrected chi connectivity index (χ0v) is 20.7. The predicted molar refractivity (Wildman–Crippen MR) is 127 cm³/mol. The molecule has 1 fully saturated rings. The first kappa shape index (κ1) is 25.2. The summed E-state index contributed by atoms with van der Waals surface area (Å²) in [4.78, 5) is 6.84. The van der Waals surface area contributed by atoms with E-state index in [9.17, 15) is 0 Å². The Morgan fingerprint density at radius 3 is 2.64 bits per heavy atom. The fourth-order valence-corrected chi connectivity index (χ4v) is 3.51. The summed E-state index contributed by atoms with van der Waals surface area (Å²) in [6, 6.07) is 2.12. The lowest BCUT2D eigenvalue weighted by atomic mass is 10.2. The van der Waals surface area contributed by atoms with Crippen molar-refractivity contribution in [3.05, 3.63) is 17.5 Å². The monoisotopic (exact) mass is 506 g/mol. The first-order valence-electron chi connectivity index (χ1n) is 10.2. The van der Waals surface area contributed by atoms with Gasteiger partial charge in [0.05, 0.1) is 18.4 Å². The molecule has 8 heteroatoms. The molecule has 0 spiro atoms. The van der Waals surface area contributed by atoms with Gasteiger partial charge in [0.2, 0.25) is 0 Å². The fraction of sp³-hybridized carbons (Fsp3) is 0.800. The van der Waals surface area contributed by atoms with Crippen molar-refractivity contribution in [2.75, 3.05) is 46.4 Å². The molecule has 2 N–H and O–H groups in total. The van der Waals surface area contributed by atoms with Gasteiger partial charge in [0, 0.05) is 52.0 Å². The Balaban J connectivity index is 0.00000392. The van der Waals surface area contributed by atoms with Gasteiger partial charge in [-0.05, 0) is 31.7 Å². The van der Waals surface area contributed by atoms with Crippen molar-refractivity contribution in [1.29, 1.82) is 0 Å². The number of aromatic nitrogens is 2. The number of morpholine rings is 1. The second-order valence-electron chi connectivity index (χ2n) is 8.19. The molecule has 0 saturated carbocycles. The van der Waals surface area contributed by atoms with Gasteiger partial charge in [0.15, 0.2) is 5.96 Å². The molecule has 0 aliphatic carbocycles. The Labute approximate surface area is 187 Å². The zero-order valence-electron chi connectivity index (χ0n) is 18.4. The molecule has 162 valence electrons. The lowest BCUT2D eigenvalue weighted by Gasteiger charge is -2.34. The third-order valence-corrected chi connectivity index (χ3v) is 4.77. The Kier molecular flexibility index (Phi) is 11.4. The van der Waals surface area contributed by atoms with E-state index in [0.29, 0.717) is 11.8 Å². The second kappa shape index (κ2) is 12.6. The van der Waals surface area contributed by atoms with E-state index in [2.05, 4.69) is 64.1 Å². The van der Waals surface area contributed by atoms with E-state index in [1.165, 1.54) is 5.69 Å². The number of aliphatic imine (C=N–C) groups is 1. The number of hydrogen-bond donors (Lipinski definition) is 2. The number of hydrogen-bond acceptors (Lipinski definition) is 4. The third kappa shape index (κ3) is 8.65. The smallest absolute Gasteiger partial charge is 0.191 e. The summed E-state index contributed by atoms with van der Waals surface area (Å²) in [5.74, 6) is 1.98. The van der Waals surface area contributed by atoms with E-state index in [0.717, 1.165) is 57.5 Å². The average Bonchev–Trinajstić information content (AvgIpc) is 2.92. The molecule has 1 aromatic heterocycles. The third-order valence-electron chi connectivity index (χ3n) is 4.77. The van der Waals surface area contributed by atoms with E-state index in [1.807, 2.05) is 14.0 Å². The van der Waals surface area contributed by atoms with E-state index >= 15 is 0 Å². The van der Waals surface area contributed by atoms with E-state index < -0.39 is 0 Å². The largest absolute Gasteiger partial charge is 0.374 e. The number of nitrogens with one attached hydrogen (secondary N) is 2. The molecule has 0 radical (unpaired) electrons. The number of guanidine groups is 1. The molecule has 2 heterocycles. The topological polar surface area (TPSA) is 66.7 Å². The highest BCUT2D eigenvalue weighted by Gasteiger charge is 2.21. The number of ether oxygens (including phenoxy) is 1. The molecule has 1 aliphatic heterocycles. The van der Waals surface area contributed by atoms with Crippen LogP contribution in [0.3, 0.4) is 0 Å². The Hall–Kier alpha value is -0.870. The van der Waals surface area contributed by atoms with E-state index in [-0.39, 0.29) is 30.1 Å². The first-order valence-corrected chi connectivity index (χ1v) is 10.2. The lowest BCUT2D eigenvalue weighted by molar-refractivity contribution is -0.0284. The molecule has 2 unspecified atom stereocenters. The molecular weight excluding hydrogens is 467 g/mol. The van der Waals surface area contributed by atoms with Crippen LogP contribution in [0.15, 0.2) is 11.1 Å². The Morgan fingerprint density at radius 1 is 1.29 bits per heavy atom. The molecule has 28 heavy (non-hydrogen) atoms. The fourth-order valence-electron chi connectivity index (χ4n) is 3.51. The summed E-state index contributed by atoms with van der Waals surface area (Å²) in [6.45, 7) is 17.4. The molecular formula is C20H39IN6O. The molecule has 1 aromatic rings. The highest BCUT2D eigenvalue weighted by Crippen LogP contribution is 2.08. The maximum Gasteiger partial charge on any atom is 0.191 e. The van der Waals surface area contributed by atoms with Crippen LogP contribution in [0.25, 0.3) is 0 Å². The van der Waals surface area contributed by atoms with Gasteiger partial charge in [0.25, 0.3) is 0 Å². The van der Waals surface area contributed by atoms with Crippen molar-refractivity contribution >= 4 is 29.9 Å². The van der Waals surface area contributed by atoms with Crippen LogP contribution in [0.1, 0.15) is 32.2 Å². The summed E-state index contributed by atoms with van der Waals surface area (Å²) in [6.07, 6.45) is 0.211. The second-order valence-corrected chi connectivity index (χ2v) is 8.19. The van der Waals surface area contributed by atoms with E-state index in [4.69, 9.17) is 4.74 Å². The van der Waals surface area contributed by atoms with Crippen molar-refractivity contribution in [3.63, 3.8) is 0 Å². The summed E-state index contributed by atoms with van der Waals surface area (Å²) < 4.78 is 7.99. The molecule has 0 bridgehead atoms. The summed E-state index contributed by atoms with van der Waals surface area (Å²) in [5, 5.41) is 11.4. The zero-order chi connectivity index (χ0) is 19.8. The average molecular weight is 506 g/mol. The van der Waals surface area contributed by atoms with Crippen molar-refractivity contribution in [2.24, 2.45) is 16.8 Å². The van der Waals surface area contributed by atoms with Crippen molar-refractivity contribution < 1.29 is 4.74 Å². The SMILES string of the molecule is CN=C(NCC(C)Cn1nc(C)cc1C)NCC1CN(CC(C)C)CCO1.I. The highest BCUT2D eigenvalue weighted by atomic mass is 127. The van der Waals surface area contributed by atoms with Gasteiger partial charge in [-0.25, -0.2) is 0 Å². The lowest BCUT2D eigenvalue weighted by Crippen LogP contribution is -2.50. The molecule has 2 rings (SSSR count). The van der Waals surface area contributed by atoms with Crippen molar-refractivity contribution in [2.45, 2.75) is 47.3 Å². The molecule has 0 amide bonds.